The Hall–Kier alpha value is -1.16. The van der Waals surface area contributed by atoms with Gasteiger partial charge in [-0.05, 0) is 31.4 Å². The average Bonchev–Trinajstić information content (AvgIpc) is 2.44. The van der Waals surface area contributed by atoms with Gasteiger partial charge in [0.05, 0.1) is 10.6 Å². The van der Waals surface area contributed by atoms with Gasteiger partial charge in [0, 0.05) is 11.3 Å². The van der Waals surface area contributed by atoms with Crippen LogP contribution in [0.5, 0.6) is 0 Å². The molecule has 20 heavy (non-hydrogen) atoms. The summed E-state index contributed by atoms with van der Waals surface area (Å²) in [5.41, 5.74) is -0.473. The number of sulfone groups is 1. The highest BCUT2D eigenvalue weighted by atomic mass is 32.2. The molecule has 0 amide bonds. The predicted octanol–water partition coefficient (Wildman–Crippen LogP) is 3.25. The Morgan fingerprint density at radius 2 is 1.90 bits per heavy atom. The quantitative estimate of drug-likeness (QED) is 0.856. The minimum absolute atomic E-state index is 0.0476. The van der Waals surface area contributed by atoms with E-state index in [1.54, 1.807) is 30.3 Å². The van der Waals surface area contributed by atoms with Crippen LogP contribution in [0.1, 0.15) is 39.5 Å². The van der Waals surface area contributed by atoms with Gasteiger partial charge in [-0.25, -0.2) is 8.42 Å². The van der Waals surface area contributed by atoms with E-state index in [1.807, 2.05) is 13.8 Å². The Morgan fingerprint density at radius 3 is 2.55 bits per heavy atom. The van der Waals surface area contributed by atoms with Crippen molar-refractivity contribution in [3.8, 4) is 0 Å². The number of hydrogen-bond donors (Lipinski definition) is 0. The summed E-state index contributed by atoms with van der Waals surface area (Å²) in [7, 11) is -3.29. The maximum absolute atomic E-state index is 12.3. The summed E-state index contributed by atoms with van der Waals surface area (Å²) in [6.07, 6.45) is 3.17. The lowest BCUT2D eigenvalue weighted by Crippen LogP contribution is -2.37. The number of rotatable bonds is 4. The van der Waals surface area contributed by atoms with E-state index in [0.717, 1.165) is 19.3 Å². The highest BCUT2D eigenvalue weighted by Gasteiger charge is 2.39. The zero-order valence-corrected chi connectivity index (χ0v) is 12.9. The summed E-state index contributed by atoms with van der Waals surface area (Å²) in [5.74, 6) is 0.339. The maximum atomic E-state index is 12.3. The van der Waals surface area contributed by atoms with Gasteiger partial charge in [0.25, 0.3) is 0 Å². The first-order chi connectivity index (χ1) is 9.35. The van der Waals surface area contributed by atoms with E-state index in [2.05, 4.69) is 0 Å². The van der Waals surface area contributed by atoms with Gasteiger partial charge < -0.3 is 0 Å². The molecule has 2 atom stereocenters. The van der Waals surface area contributed by atoms with Crippen LogP contribution in [-0.2, 0) is 14.6 Å². The smallest absolute Gasteiger partial charge is 0.178 e. The second-order valence-corrected chi connectivity index (χ2v) is 8.21. The Morgan fingerprint density at radius 1 is 1.25 bits per heavy atom. The van der Waals surface area contributed by atoms with Gasteiger partial charge in [-0.15, -0.1) is 0 Å². The largest absolute Gasteiger partial charge is 0.299 e. The van der Waals surface area contributed by atoms with Crippen LogP contribution < -0.4 is 0 Å². The minimum Gasteiger partial charge on any atom is -0.299 e. The predicted molar refractivity (Wildman–Crippen MR) is 79.2 cm³/mol. The van der Waals surface area contributed by atoms with Gasteiger partial charge >= 0.3 is 0 Å². The number of ketones is 1. The topological polar surface area (TPSA) is 51.2 Å². The standard InChI is InChI=1S/C16H22O3S/c1-13-7-6-10-16(2,15(13)17)11-12-20(18,19)14-8-4-3-5-9-14/h3-5,8-9,13H,6-7,10-12H2,1-2H3/t13-,16+/m0/s1. The third kappa shape index (κ3) is 3.11. The molecule has 1 aliphatic carbocycles. The second kappa shape index (κ2) is 5.68. The molecule has 0 aromatic heterocycles. The summed E-state index contributed by atoms with van der Waals surface area (Å²) in [4.78, 5) is 12.7. The highest BCUT2D eigenvalue weighted by molar-refractivity contribution is 7.91. The van der Waals surface area contributed by atoms with Crippen molar-refractivity contribution < 1.29 is 13.2 Å². The summed E-state index contributed by atoms with van der Waals surface area (Å²) < 4.78 is 24.6. The zero-order valence-electron chi connectivity index (χ0n) is 12.1. The molecule has 2 rings (SSSR count). The minimum atomic E-state index is -3.29. The average molecular weight is 294 g/mol. The molecule has 1 saturated carbocycles. The summed E-state index contributed by atoms with van der Waals surface area (Å²) in [6.45, 7) is 3.87. The van der Waals surface area contributed by atoms with Gasteiger partial charge in [-0.1, -0.05) is 38.5 Å². The SMILES string of the molecule is C[C@H]1CCC[C@](C)(CCS(=O)(=O)c2ccccc2)C1=O. The van der Waals surface area contributed by atoms with Crippen LogP contribution in [0.4, 0.5) is 0 Å². The van der Waals surface area contributed by atoms with E-state index in [9.17, 15) is 13.2 Å². The van der Waals surface area contributed by atoms with Crippen molar-refractivity contribution in [3.63, 3.8) is 0 Å². The first-order valence-corrected chi connectivity index (χ1v) is 8.82. The van der Waals surface area contributed by atoms with Gasteiger partial charge in [-0.3, -0.25) is 4.79 Å². The molecule has 1 aromatic carbocycles. The van der Waals surface area contributed by atoms with Crippen molar-refractivity contribution in [1.29, 1.82) is 0 Å². The Labute approximate surface area is 121 Å². The Bertz CT molecular complexity index is 577. The fourth-order valence-electron chi connectivity index (χ4n) is 3.00. The van der Waals surface area contributed by atoms with Gasteiger partial charge in [0.2, 0.25) is 0 Å². The highest BCUT2D eigenvalue weighted by Crippen LogP contribution is 2.39. The molecule has 1 fully saturated rings. The molecule has 0 aliphatic heterocycles. The third-order valence-corrected chi connectivity index (χ3v) is 6.17. The summed E-state index contributed by atoms with van der Waals surface area (Å²) in [6, 6.07) is 8.48. The van der Waals surface area contributed by atoms with E-state index in [0.29, 0.717) is 11.3 Å². The molecule has 0 heterocycles. The number of hydrogen-bond acceptors (Lipinski definition) is 3. The molecule has 110 valence electrons. The van der Waals surface area contributed by atoms with Crippen molar-refractivity contribution in [2.75, 3.05) is 5.75 Å². The molecule has 0 bridgehead atoms. The molecule has 0 spiro atoms. The normalized spacial score (nSPS) is 27.5. The zero-order chi connectivity index (χ0) is 14.8. The van der Waals surface area contributed by atoms with E-state index in [4.69, 9.17) is 0 Å². The monoisotopic (exact) mass is 294 g/mol. The van der Waals surface area contributed by atoms with Crippen LogP contribution in [0.2, 0.25) is 0 Å². The van der Waals surface area contributed by atoms with E-state index in [-0.39, 0.29) is 17.5 Å². The lowest BCUT2D eigenvalue weighted by atomic mass is 9.69. The van der Waals surface area contributed by atoms with Crippen molar-refractivity contribution in [3.05, 3.63) is 30.3 Å². The van der Waals surface area contributed by atoms with Crippen LogP contribution in [0.25, 0.3) is 0 Å². The molecule has 0 saturated heterocycles. The second-order valence-electron chi connectivity index (χ2n) is 6.10. The van der Waals surface area contributed by atoms with Crippen molar-refractivity contribution >= 4 is 15.6 Å². The number of benzene rings is 1. The molecule has 1 aromatic rings. The summed E-state index contributed by atoms with van der Waals surface area (Å²) in [5, 5.41) is 0. The molecule has 1 aliphatic rings. The molecule has 4 heteroatoms. The van der Waals surface area contributed by atoms with Crippen molar-refractivity contribution in [2.24, 2.45) is 11.3 Å². The first kappa shape index (κ1) is 15.2. The molecule has 0 unspecified atom stereocenters. The Kier molecular flexibility index (Phi) is 4.33. The lowest BCUT2D eigenvalue weighted by molar-refractivity contribution is -0.134. The molecule has 0 N–H and O–H groups in total. The van der Waals surface area contributed by atoms with E-state index >= 15 is 0 Å². The van der Waals surface area contributed by atoms with Crippen LogP contribution >= 0.6 is 0 Å². The lowest BCUT2D eigenvalue weighted by Gasteiger charge is -2.35. The van der Waals surface area contributed by atoms with Gasteiger partial charge in [0.1, 0.15) is 5.78 Å². The number of carbonyl (C=O) groups is 1. The first-order valence-electron chi connectivity index (χ1n) is 7.17. The van der Waals surface area contributed by atoms with E-state index < -0.39 is 15.3 Å². The van der Waals surface area contributed by atoms with Crippen molar-refractivity contribution in [1.82, 2.24) is 0 Å². The van der Waals surface area contributed by atoms with Crippen LogP contribution in [-0.4, -0.2) is 20.0 Å². The fraction of sp³-hybridized carbons (Fsp3) is 0.562. The number of Topliss-reactive ketones (excluding diaryl/α,β-unsaturated/α-hetero) is 1. The van der Waals surface area contributed by atoms with Crippen LogP contribution in [0.15, 0.2) is 35.2 Å². The van der Waals surface area contributed by atoms with Gasteiger partial charge in [-0.2, -0.15) is 0 Å². The third-order valence-electron chi connectivity index (χ3n) is 4.43. The van der Waals surface area contributed by atoms with Crippen molar-refractivity contribution in [2.45, 2.75) is 44.4 Å². The Balaban J connectivity index is 2.10. The maximum Gasteiger partial charge on any atom is 0.178 e. The number of carbonyl (C=O) groups excluding carboxylic acids is 1. The molecular formula is C16H22O3S. The van der Waals surface area contributed by atoms with Crippen LogP contribution in [0, 0.1) is 11.3 Å². The summed E-state index contributed by atoms with van der Waals surface area (Å²) >= 11 is 0. The molecule has 0 radical (unpaired) electrons. The molecular weight excluding hydrogens is 272 g/mol. The van der Waals surface area contributed by atoms with E-state index in [1.165, 1.54) is 0 Å². The van der Waals surface area contributed by atoms with Gasteiger partial charge in [0.15, 0.2) is 9.84 Å². The fourth-order valence-corrected chi connectivity index (χ4v) is 4.53. The van der Waals surface area contributed by atoms with Crippen LogP contribution in [0.3, 0.4) is 0 Å². The molecule has 3 nitrogen and oxygen atoms in total.